The summed E-state index contributed by atoms with van der Waals surface area (Å²) in [7, 11) is 1.73. The first-order chi connectivity index (χ1) is 12.1. The molecule has 25 heavy (non-hydrogen) atoms. The molecule has 2 heterocycles. The molecular weight excluding hydrogens is 318 g/mol. The molecule has 1 aliphatic rings. The van der Waals surface area contributed by atoms with E-state index in [1.807, 2.05) is 31.2 Å². The summed E-state index contributed by atoms with van der Waals surface area (Å²) in [4.78, 5) is 30.6. The van der Waals surface area contributed by atoms with Gasteiger partial charge in [-0.1, -0.05) is 6.07 Å². The Balaban J connectivity index is 1.76. The van der Waals surface area contributed by atoms with Gasteiger partial charge in [0.05, 0.1) is 18.6 Å². The Hall–Kier alpha value is -2.89. The van der Waals surface area contributed by atoms with Gasteiger partial charge in [0.15, 0.2) is 0 Å². The summed E-state index contributed by atoms with van der Waals surface area (Å²) in [6, 6.07) is 10.6. The fourth-order valence-corrected chi connectivity index (χ4v) is 3.15. The summed E-state index contributed by atoms with van der Waals surface area (Å²) >= 11 is 0. The van der Waals surface area contributed by atoms with E-state index in [4.69, 9.17) is 4.74 Å². The van der Waals surface area contributed by atoms with Gasteiger partial charge in [-0.2, -0.15) is 0 Å². The molecule has 0 radical (unpaired) electrons. The third-order valence-corrected chi connectivity index (χ3v) is 4.38. The molecule has 1 saturated heterocycles. The molecule has 0 unspecified atom stereocenters. The second-order valence-electron chi connectivity index (χ2n) is 5.99. The molecule has 0 spiro atoms. The molecule has 2 amide bonds. The van der Waals surface area contributed by atoms with Crippen molar-refractivity contribution in [2.24, 2.45) is 5.92 Å². The molecule has 2 atom stereocenters. The minimum Gasteiger partial charge on any atom is -0.494 e. The Morgan fingerprint density at radius 1 is 1.32 bits per heavy atom. The van der Waals surface area contributed by atoms with E-state index in [-0.39, 0.29) is 24.3 Å². The van der Waals surface area contributed by atoms with Gasteiger partial charge in [-0.25, -0.2) is 0 Å². The Morgan fingerprint density at radius 2 is 2.08 bits per heavy atom. The van der Waals surface area contributed by atoms with E-state index in [9.17, 15) is 9.59 Å². The number of aromatic nitrogens is 1. The molecule has 2 aromatic rings. The number of rotatable bonds is 5. The predicted molar refractivity (Wildman–Crippen MR) is 94.1 cm³/mol. The van der Waals surface area contributed by atoms with Crippen molar-refractivity contribution < 1.29 is 14.3 Å². The lowest BCUT2D eigenvalue weighted by atomic mass is 9.94. The normalized spacial score (nSPS) is 19.8. The Morgan fingerprint density at radius 3 is 2.72 bits per heavy atom. The quantitative estimate of drug-likeness (QED) is 0.909. The SMILES string of the molecule is CCOc1ccc(NC(=O)[C@H]2CC(=O)N(C)[C@@H]2c2cccnc2)cc1. The lowest BCUT2D eigenvalue weighted by Crippen LogP contribution is -2.30. The topological polar surface area (TPSA) is 71.5 Å². The fourth-order valence-electron chi connectivity index (χ4n) is 3.15. The van der Waals surface area contributed by atoms with E-state index in [2.05, 4.69) is 10.3 Å². The van der Waals surface area contributed by atoms with Crippen LogP contribution in [-0.2, 0) is 9.59 Å². The van der Waals surface area contributed by atoms with Crippen LogP contribution < -0.4 is 10.1 Å². The highest BCUT2D eigenvalue weighted by molar-refractivity contribution is 5.97. The number of anilines is 1. The summed E-state index contributed by atoms with van der Waals surface area (Å²) in [6.07, 6.45) is 3.57. The predicted octanol–water partition coefficient (Wildman–Crippen LogP) is 2.64. The smallest absolute Gasteiger partial charge is 0.230 e. The largest absolute Gasteiger partial charge is 0.494 e. The second kappa shape index (κ2) is 7.34. The maximum absolute atomic E-state index is 12.8. The molecule has 0 bridgehead atoms. The van der Waals surface area contributed by atoms with Gasteiger partial charge < -0.3 is 15.0 Å². The van der Waals surface area contributed by atoms with Gasteiger partial charge in [-0.3, -0.25) is 14.6 Å². The van der Waals surface area contributed by atoms with E-state index >= 15 is 0 Å². The molecule has 130 valence electrons. The second-order valence-corrected chi connectivity index (χ2v) is 5.99. The highest BCUT2D eigenvalue weighted by atomic mass is 16.5. The van der Waals surface area contributed by atoms with Crippen LogP contribution in [0.5, 0.6) is 5.75 Å². The van der Waals surface area contributed by atoms with Crippen molar-refractivity contribution in [3.8, 4) is 5.75 Å². The van der Waals surface area contributed by atoms with Gasteiger partial charge >= 0.3 is 0 Å². The van der Waals surface area contributed by atoms with Crippen LogP contribution in [0, 0.1) is 5.92 Å². The Bertz CT molecular complexity index is 746. The van der Waals surface area contributed by atoms with E-state index in [1.54, 1.807) is 36.5 Å². The standard InChI is InChI=1S/C19H21N3O3/c1-3-25-15-8-6-14(7-9-15)21-19(24)16-11-17(23)22(2)18(16)13-5-4-10-20-12-13/h4-10,12,16,18H,3,11H2,1-2H3,(H,21,24)/t16-,18+/m0/s1. The zero-order valence-corrected chi connectivity index (χ0v) is 14.3. The molecule has 0 saturated carbocycles. The lowest BCUT2D eigenvalue weighted by Gasteiger charge is -2.24. The van der Waals surface area contributed by atoms with Crippen LogP contribution in [0.1, 0.15) is 24.9 Å². The van der Waals surface area contributed by atoms with Crippen molar-refractivity contribution in [1.82, 2.24) is 9.88 Å². The number of hydrogen-bond acceptors (Lipinski definition) is 4. The average Bonchev–Trinajstić information content (AvgIpc) is 2.93. The molecule has 1 fully saturated rings. The Kier molecular flexibility index (Phi) is 4.97. The first kappa shape index (κ1) is 17.0. The van der Waals surface area contributed by atoms with E-state index < -0.39 is 5.92 Å². The monoisotopic (exact) mass is 339 g/mol. The van der Waals surface area contributed by atoms with Crippen molar-refractivity contribution in [3.63, 3.8) is 0 Å². The molecule has 1 N–H and O–H groups in total. The van der Waals surface area contributed by atoms with Crippen molar-refractivity contribution >= 4 is 17.5 Å². The third kappa shape index (κ3) is 3.63. The zero-order chi connectivity index (χ0) is 17.8. The van der Waals surface area contributed by atoms with Gasteiger partial charge in [-0.15, -0.1) is 0 Å². The first-order valence-corrected chi connectivity index (χ1v) is 8.29. The maximum Gasteiger partial charge on any atom is 0.230 e. The van der Waals surface area contributed by atoms with Gasteiger partial charge in [0, 0.05) is 31.5 Å². The Labute approximate surface area is 146 Å². The number of hydrogen-bond donors (Lipinski definition) is 1. The highest BCUT2D eigenvalue weighted by Gasteiger charge is 2.42. The van der Waals surface area contributed by atoms with Crippen molar-refractivity contribution in [1.29, 1.82) is 0 Å². The maximum atomic E-state index is 12.8. The molecule has 1 aliphatic heterocycles. The zero-order valence-electron chi connectivity index (χ0n) is 14.3. The fraction of sp³-hybridized carbons (Fsp3) is 0.316. The van der Waals surface area contributed by atoms with Crippen LogP contribution in [0.3, 0.4) is 0 Å². The summed E-state index contributed by atoms with van der Waals surface area (Å²) in [5.74, 6) is 0.0918. The minimum atomic E-state index is -0.451. The van der Waals surface area contributed by atoms with E-state index in [0.29, 0.717) is 12.3 Å². The van der Waals surface area contributed by atoms with Crippen LogP contribution in [0.25, 0.3) is 0 Å². The summed E-state index contributed by atoms with van der Waals surface area (Å²) in [5, 5.41) is 2.90. The molecule has 1 aromatic heterocycles. The molecule has 0 aliphatic carbocycles. The molecule has 1 aromatic carbocycles. The van der Waals surface area contributed by atoms with Gasteiger partial charge in [0.2, 0.25) is 11.8 Å². The number of carbonyl (C=O) groups excluding carboxylic acids is 2. The van der Waals surface area contributed by atoms with Crippen LogP contribution in [-0.4, -0.2) is 35.4 Å². The van der Waals surface area contributed by atoms with Crippen LogP contribution in [0.2, 0.25) is 0 Å². The molecule has 3 rings (SSSR count). The van der Waals surface area contributed by atoms with Gasteiger partial charge in [-0.05, 0) is 42.8 Å². The number of ether oxygens (including phenoxy) is 1. The number of carbonyl (C=O) groups is 2. The first-order valence-electron chi connectivity index (χ1n) is 8.29. The van der Waals surface area contributed by atoms with Gasteiger partial charge in [0.25, 0.3) is 0 Å². The number of benzene rings is 1. The lowest BCUT2D eigenvalue weighted by molar-refractivity contribution is -0.127. The molecule has 6 nitrogen and oxygen atoms in total. The summed E-state index contributed by atoms with van der Waals surface area (Å²) in [6.45, 7) is 2.51. The summed E-state index contributed by atoms with van der Waals surface area (Å²) < 4.78 is 5.40. The molecular formula is C19H21N3O3. The van der Waals surface area contributed by atoms with E-state index in [0.717, 1.165) is 11.3 Å². The third-order valence-electron chi connectivity index (χ3n) is 4.38. The summed E-state index contributed by atoms with van der Waals surface area (Å²) in [5.41, 5.74) is 1.54. The number of nitrogens with zero attached hydrogens (tertiary/aromatic N) is 2. The van der Waals surface area contributed by atoms with Crippen molar-refractivity contribution in [2.45, 2.75) is 19.4 Å². The average molecular weight is 339 g/mol. The van der Waals surface area contributed by atoms with Crippen molar-refractivity contribution in [2.75, 3.05) is 19.0 Å². The van der Waals surface area contributed by atoms with Crippen molar-refractivity contribution in [3.05, 3.63) is 54.4 Å². The van der Waals surface area contributed by atoms with Crippen LogP contribution in [0.15, 0.2) is 48.8 Å². The van der Waals surface area contributed by atoms with E-state index in [1.165, 1.54) is 0 Å². The molecule has 6 heteroatoms. The van der Waals surface area contributed by atoms with Gasteiger partial charge in [0.1, 0.15) is 5.75 Å². The number of pyridine rings is 1. The number of amides is 2. The minimum absolute atomic E-state index is 0.0410. The number of nitrogens with one attached hydrogen (secondary N) is 1. The van der Waals surface area contributed by atoms with Crippen LogP contribution in [0.4, 0.5) is 5.69 Å². The number of likely N-dealkylation sites (tertiary alicyclic amines) is 1. The van der Waals surface area contributed by atoms with Crippen LogP contribution >= 0.6 is 0 Å². The highest BCUT2D eigenvalue weighted by Crippen LogP contribution is 2.37.